The first-order chi connectivity index (χ1) is 11.4. The summed E-state index contributed by atoms with van der Waals surface area (Å²) in [4.78, 5) is 11.9. The summed E-state index contributed by atoms with van der Waals surface area (Å²) in [5.74, 6) is -0.657. The largest absolute Gasteiger partial charge is 0.465 e. The predicted octanol–water partition coefficient (Wildman–Crippen LogP) is 2.92. The summed E-state index contributed by atoms with van der Waals surface area (Å²) in [7, 11) is -2.60. The summed E-state index contributed by atoms with van der Waals surface area (Å²) in [6.07, 6.45) is 1.59. The number of methoxy groups -OCH3 is 1. The number of aryl methyl sites for hydroxylation is 2. The Hall–Kier alpha value is -2.34. The average Bonchev–Trinajstić information content (AvgIpc) is 2.60. The lowest BCUT2D eigenvalue weighted by Crippen LogP contribution is -2.36. The van der Waals surface area contributed by atoms with Crippen LogP contribution in [0, 0.1) is 6.92 Å². The molecular formula is C18H19NO4S. The molecule has 1 aliphatic rings. The van der Waals surface area contributed by atoms with Crippen molar-refractivity contribution in [2.45, 2.75) is 24.7 Å². The molecule has 0 N–H and O–H groups in total. The van der Waals surface area contributed by atoms with Gasteiger partial charge in [-0.25, -0.2) is 13.2 Å². The van der Waals surface area contributed by atoms with Gasteiger partial charge in [-0.2, -0.15) is 0 Å². The Bertz CT molecular complexity index is 890. The van der Waals surface area contributed by atoms with E-state index in [0.29, 0.717) is 12.2 Å². The van der Waals surface area contributed by atoms with E-state index < -0.39 is 16.0 Å². The number of ether oxygens (including phenoxy) is 1. The summed E-state index contributed by atoms with van der Waals surface area (Å²) < 4.78 is 32.5. The van der Waals surface area contributed by atoms with Gasteiger partial charge in [-0.15, -0.1) is 0 Å². The molecule has 0 unspecified atom stereocenters. The van der Waals surface area contributed by atoms with Crippen molar-refractivity contribution in [3.8, 4) is 0 Å². The maximum absolute atomic E-state index is 13.2. The van der Waals surface area contributed by atoms with Gasteiger partial charge in [0.1, 0.15) is 4.90 Å². The number of hydrogen-bond acceptors (Lipinski definition) is 4. The molecule has 0 aromatic heterocycles. The van der Waals surface area contributed by atoms with Crippen molar-refractivity contribution >= 4 is 21.7 Å². The van der Waals surface area contributed by atoms with Crippen molar-refractivity contribution in [2.24, 2.45) is 0 Å². The number of esters is 1. The van der Waals surface area contributed by atoms with Gasteiger partial charge in [0, 0.05) is 6.54 Å². The number of rotatable bonds is 3. The summed E-state index contributed by atoms with van der Waals surface area (Å²) in [5.41, 5.74) is 2.86. The van der Waals surface area contributed by atoms with E-state index in [4.69, 9.17) is 4.74 Å². The fourth-order valence-corrected chi connectivity index (χ4v) is 4.75. The van der Waals surface area contributed by atoms with Crippen LogP contribution in [0.15, 0.2) is 47.4 Å². The summed E-state index contributed by atoms with van der Waals surface area (Å²) >= 11 is 0. The summed E-state index contributed by atoms with van der Waals surface area (Å²) in [6, 6.07) is 11.9. The molecule has 0 radical (unpaired) electrons. The highest BCUT2D eigenvalue weighted by Gasteiger charge is 2.32. The van der Waals surface area contributed by atoms with Crippen molar-refractivity contribution in [3.63, 3.8) is 0 Å². The van der Waals surface area contributed by atoms with E-state index >= 15 is 0 Å². The van der Waals surface area contributed by atoms with Crippen molar-refractivity contribution in [3.05, 3.63) is 59.2 Å². The number of benzene rings is 2. The Balaban J connectivity index is 2.13. The highest BCUT2D eigenvalue weighted by molar-refractivity contribution is 7.93. The number of sulfonamides is 1. The number of anilines is 1. The van der Waals surface area contributed by atoms with Crippen LogP contribution in [0.5, 0.6) is 0 Å². The molecule has 1 aliphatic heterocycles. The van der Waals surface area contributed by atoms with Gasteiger partial charge in [-0.1, -0.05) is 29.8 Å². The number of carbonyl (C=O) groups excluding carboxylic acids is 1. The molecule has 3 rings (SSSR count). The Morgan fingerprint density at radius 1 is 1.17 bits per heavy atom. The minimum absolute atomic E-state index is 0.0229. The number of hydrogen-bond donors (Lipinski definition) is 0. The third-order valence-corrected chi connectivity index (χ3v) is 6.04. The van der Waals surface area contributed by atoms with E-state index in [0.717, 1.165) is 24.0 Å². The van der Waals surface area contributed by atoms with Gasteiger partial charge < -0.3 is 4.74 Å². The second-order valence-electron chi connectivity index (χ2n) is 5.80. The molecule has 0 spiro atoms. The van der Waals surface area contributed by atoms with Gasteiger partial charge in [0.15, 0.2) is 0 Å². The van der Waals surface area contributed by atoms with Gasteiger partial charge in [0.05, 0.1) is 18.4 Å². The molecule has 2 aromatic rings. The SMILES string of the molecule is COC(=O)c1ccccc1S(=O)(=O)N1CCCc2cc(C)ccc21. The van der Waals surface area contributed by atoms with Crippen LogP contribution in [-0.2, 0) is 21.2 Å². The summed E-state index contributed by atoms with van der Waals surface area (Å²) in [6.45, 7) is 2.38. The minimum Gasteiger partial charge on any atom is -0.465 e. The smallest absolute Gasteiger partial charge is 0.339 e. The molecule has 0 bridgehead atoms. The Morgan fingerprint density at radius 3 is 2.67 bits per heavy atom. The lowest BCUT2D eigenvalue weighted by Gasteiger charge is -2.31. The highest BCUT2D eigenvalue weighted by atomic mass is 32.2. The Morgan fingerprint density at radius 2 is 1.92 bits per heavy atom. The molecule has 0 amide bonds. The van der Waals surface area contributed by atoms with Crippen molar-refractivity contribution in [2.75, 3.05) is 18.0 Å². The van der Waals surface area contributed by atoms with Crippen LogP contribution in [0.1, 0.15) is 27.9 Å². The van der Waals surface area contributed by atoms with Crippen LogP contribution in [0.4, 0.5) is 5.69 Å². The van der Waals surface area contributed by atoms with E-state index in [1.807, 2.05) is 25.1 Å². The van der Waals surface area contributed by atoms with E-state index in [-0.39, 0.29) is 10.5 Å². The molecular weight excluding hydrogens is 326 g/mol. The zero-order chi connectivity index (χ0) is 17.3. The van der Waals surface area contributed by atoms with Crippen LogP contribution < -0.4 is 4.31 Å². The minimum atomic E-state index is -3.84. The topological polar surface area (TPSA) is 63.7 Å². The van der Waals surface area contributed by atoms with E-state index in [2.05, 4.69) is 0 Å². The molecule has 24 heavy (non-hydrogen) atoms. The zero-order valence-electron chi connectivity index (χ0n) is 13.7. The average molecular weight is 345 g/mol. The molecule has 0 saturated carbocycles. The van der Waals surface area contributed by atoms with Crippen LogP contribution in [-0.4, -0.2) is 28.0 Å². The summed E-state index contributed by atoms with van der Waals surface area (Å²) in [5, 5.41) is 0. The molecule has 126 valence electrons. The molecule has 0 atom stereocenters. The standard InChI is InChI=1S/C18H19NO4S/c1-13-9-10-16-14(12-13)6-5-11-19(16)24(21,22)17-8-4-3-7-15(17)18(20)23-2/h3-4,7-10,12H,5-6,11H2,1-2H3. The Labute approximate surface area is 141 Å². The van der Waals surface area contributed by atoms with Crippen LogP contribution >= 0.6 is 0 Å². The van der Waals surface area contributed by atoms with E-state index in [1.165, 1.54) is 23.5 Å². The third-order valence-electron chi connectivity index (χ3n) is 4.17. The first kappa shape index (κ1) is 16.5. The van der Waals surface area contributed by atoms with Gasteiger partial charge in [-0.3, -0.25) is 4.31 Å². The number of carbonyl (C=O) groups is 1. The molecule has 0 aliphatic carbocycles. The lowest BCUT2D eigenvalue weighted by molar-refractivity contribution is 0.0596. The van der Waals surface area contributed by atoms with E-state index in [1.54, 1.807) is 12.1 Å². The normalized spacial score (nSPS) is 14.2. The van der Waals surface area contributed by atoms with Gasteiger partial charge >= 0.3 is 5.97 Å². The quantitative estimate of drug-likeness (QED) is 0.803. The second kappa shape index (κ2) is 6.28. The third kappa shape index (κ3) is 2.78. The fourth-order valence-electron chi connectivity index (χ4n) is 3.03. The van der Waals surface area contributed by atoms with Crippen molar-refractivity contribution < 1.29 is 17.9 Å². The van der Waals surface area contributed by atoms with Gasteiger partial charge in [0.25, 0.3) is 10.0 Å². The molecule has 1 heterocycles. The zero-order valence-corrected chi connectivity index (χ0v) is 14.5. The van der Waals surface area contributed by atoms with Crippen LogP contribution in [0.2, 0.25) is 0 Å². The number of fused-ring (bicyclic) bond motifs is 1. The molecule has 5 nitrogen and oxygen atoms in total. The number of nitrogens with zero attached hydrogens (tertiary/aromatic N) is 1. The van der Waals surface area contributed by atoms with Crippen molar-refractivity contribution in [1.29, 1.82) is 0 Å². The maximum Gasteiger partial charge on any atom is 0.339 e. The predicted molar refractivity (Wildman–Crippen MR) is 91.8 cm³/mol. The fraction of sp³-hybridized carbons (Fsp3) is 0.278. The molecule has 0 saturated heterocycles. The van der Waals surface area contributed by atoms with Crippen molar-refractivity contribution in [1.82, 2.24) is 0 Å². The molecule has 0 fully saturated rings. The highest BCUT2D eigenvalue weighted by Crippen LogP contribution is 2.33. The molecule has 6 heteroatoms. The Kier molecular flexibility index (Phi) is 4.32. The van der Waals surface area contributed by atoms with Crippen LogP contribution in [0.25, 0.3) is 0 Å². The van der Waals surface area contributed by atoms with E-state index in [9.17, 15) is 13.2 Å². The second-order valence-corrected chi connectivity index (χ2v) is 7.63. The first-order valence-corrected chi connectivity index (χ1v) is 9.19. The lowest BCUT2D eigenvalue weighted by atomic mass is 10.0. The van der Waals surface area contributed by atoms with Gasteiger partial charge in [0.2, 0.25) is 0 Å². The maximum atomic E-state index is 13.2. The monoisotopic (exact) mass is 345 g/mol. The first-order valence-electron chi connectivity index (χ1n) is 7.75. The molecule has 2 aromatic carbocycles. The van der Waals surface area contributed by atoms with Crippen LogP contribution in [0.3, 0.4) is 0 Å². The van der Waals surface area contributed by atoms with Gasteiger partial charge in [-0.05, 0) is 43.5 Å².